The number of para-hydroxylation sites is 2. The number of hydrogen-bond donors (Lipinski definition) is 3. The zero-order valence-corrected chi connectivity index (χ0v) is 22.8. The van der Waals surface area contributed by atoms with Crippen molar-refractivity contribution in [2.75, 3.05) is 20.3 Å². The van der Waals surface area contributed by atoms with Crippen molar-refractivity contribution < 1.29 is 19.4 Å². The maximum Gasteiger partial charge on any atom is 0.255 e. The van der Waals surface area contributed by atoms with Crippen LogP contribution in [0.5, 0.6) is 11.5 Å². The second-order valence-electron chi connectivity index (χ2n) is 8.30. The second-order valence-corrected chi connectivity index (χ2v) is 9.03. The van der Waals surface area contributed by atoms with Gasteiger partial charge in [-0.25, -0.2) is 0 Å². The number of rotatable bonds is 11. The topological polar surface area (TPSA) is 101 Å². The Morgan fingerprint density at radius 2 is 1.71 bits per heavy atom. The maximum absolute atomic E-state index is 10.4. The van der Waals surface area contributed by atoms with Crippen LogP contribution in [0.4, 0.5) is 0 Å². The van der Waals surface area contributed by atoms with Gasteiger partial charge in [-0.3, -0.25) is 9.46 Å². The first-order chi connectivity index (χ1) is 18.5. The predicted molar refractivity (Wildman–Crippen MR) is 157 cm³/mol. The fourth-order valence-corrected chi connectivity index (χ4v) is 4.17. The van der Waals surface area contributed by atoms with E-state index in [-0.39, 0.29) is 13.2 Å². The van der Waals surface area contributed by atoms with E-state index in [1.54, 1.807) is 31.4 Å². The summed E-state index contributed by atoms with van der Waals surface area (Å²) in [6.07, 6.45) is 12.3. The van der Waals surface area contributed by atoms with Crippen LogP contribution < -0.4 is 15.2 Å². The van der Waals surface area contributed by atoms with Gasteiger partial charge in [0, 0.05) is 35.8 Å². The average molecular weight is 534 g/mol. The average Bonchev–Trinajstić information content (AvgIpc) is 3.37. The van der Waals surface area contributed by atoms with Crippen molar-refractivity contribution in [3.8, 4) is 24.3 Å². The van der Waals surface area contributed by atoms with E-state index in [2.05, 4.69) is 74.5 Å². The van der Waals surface area contributed by atoms with Crippen molar-refractivity contribution in [2.24, 2.45) is 5.73 Å². The third-order valence-electron chi connectivity index (χ3n) is 5.62. The van der Waals surface area contributed by atoms with E-state index in [1.165, 1.54) is 22.0 Å². The van der Waals surface area contributed by atoms with Crippen molar-refractivity contribution >= 4 is 26.2 Å². The number of aromatic nitrogens is 1. The lowest BCUT2D eigenvalue weighted by Gasteiger charge is -2.18. The highest BCUT2D eigenvalue weighted by molar-refractivity contribution is 7.13. The quantitative estimate of drug-likeness (QED) is 0.192. The van der Waals surface area contributed by atoms with Crippen LogP contribution in [0.2, 0.25) is 0 Å². The summed E-state index contributed by atoms with van der Waals surface area (Å²) in [6.45, 7) is 1.78. The summed E-state index contributed by atoms with van der Waals surface area (Å²) in [4.78, 5) is 13.7. The lowest BCUT2D eigenvalue weighted by molar-refractivity contribution is -0.119. The minimum absolute atomic E-state index is 0.00387. The Bertz CT molecular complexity index is 1270. The molecule has 8 heteroatoms. The third-order valence-corrected chi connectivity index (χ3v) is 6.06. The highest BCUT2D eigenvalue weighted by Gasteiger charge is 2.07. The fraction of sp³-hybridized carbons (Fsp3) is 0.233. The number of terminal acetylenes is 1. The Balaban J connectivity index is 0.000000288. The number of carbonyl (C=O) groups excluding carboxylic acids is 1. The van der Waals surface area contributed by atoms with Gasteiger partial charge in [-0.1, -0.05) is 57.9 Å². The van der Waals surface area contributed by atoms with Gasteiger partial charge in [0.1, 0.15) is 11.5 Å². The van der Waals surface area contributed by atoms with E-state index in [1.807, 2.05) is 12.1 Å². The van der Waals surface area contributed by atoms with Crippen molar-refractivity contribution in [3.63, 3.8) is 0 Å². The molecule has 4 aromatic rings. The van der Waals surface area contributed by atoms with E-state index in [0.717, 1.165) is 37.2 Å². The number of aliphatic hydroxyl groups is 1. The number of aromatic amines is 1. The number of hydrogen-bond acceptors (Lipinski definition) is 5. The maximum atomic E-state index is 10.4. The van der Waals surface area contributed by atoms with E-state index in [9.17, 15) is 4.79 Å². The number of aryl methyl sites for hydroxylation is 1. The van der Waals surface area contributed by atoms with Crippen LogP contribution in [0.1, 0.15) is 23.1 Å². The molecule has 38 heavy (non-hydrogen) atoms. The van der Waals surface area contributed by atoms with Crippen molar-refractivity contribution in [1.29, 1.82) is 0 Å². The molecule has 1 heterocycles. The summed E-state index contributed by atoms with van der Waals surface area (Å²) in [5.74, 6) is 1.01. The number of methoxy groups -OCH3 is 1. The molecule has 0 radical (unpaired) electrons. The van der Waals surface area contributed by atoms with Gasteiger partial charge in [0.05, 0.1) is 13.7 Å². The van der Waals surface area contributed by atoms with Gasteiger partial charge in [0.2, 0.25) is 0 Å². The molecule has 1 atom stereocenters. The first kappa shape index (κ1) is 30.4. The fourth-order valence-electron chi connectivity index (χ4n) is 3.79. The zero-order chi connectivity index (χ0) is 27.8. The van der Waals surface area contributed by atoms with Gasteiger partial charge in [0.25, 0.3) is 5.91 Å². The molecule has 0 bridgehead atoms. The van der Waals surface area contributed by atoms with Crippen LogP contribution in [0.15, 0.2) is 79.0 Å². The first-order valence-corrected chi connectivity index (χ1v) is 12.6. The number of benzene rings is 3. The number of carbonyl (C=O) groups is 1. The molecule has 0 spiro atoms. The first-order valence-electron chi connectivity index (χ1n) is 12.1. The van der Waals surface area contributed by atoms with Gasteiger partial charge in [-0.15, -0.1) is 12.8 Å². The number of amides is 1. The molecule has 0 saturated heterocycles. The summed E-state index contributed by atoms with van der Waals surface area (Å²) in [5.41, 5.74) is 9.53. The molecule has 7 nitrogen and oxygen atoms in total. The predicted octanol–water partition coefficient (Wildman–Crippen LogP) is 4.69. The van der Waals surface area contributed by atoms with Crippen LogP contribution in [0.25, 0.3) is 10.9 Å². The molecule has 1 amide bonds. The minimum Gasteiger partial charge on any atom is -0.496 e. The van der Waals surface area contributed by atoms with E-state index in [4.69, 9.17) is 20.3 Å². The van der Waals surface area contributed by atoms with Crippen LogP contribution in [-0.2, 0) is 24.4 Å². The molecule has 0 saturated carbocycles. The molecule has 200 valence electrons. The summed E-state index contributed by atoms with van der Waals surface area (Å²) in [6, 6.07) is 23.5. The summed E-state index contributed by atoms with van der Waals surface area (Å²) in [5, 5.41) is 10.1. The van der Waals surface area contributed by atoms with Gasteiger partial charge in [0.15, 0.2) is 6.61 Å². The van der Waals surface area contributed by atoms with Gasteiger partial charge in [-0.05, 0) is 48.2 Å². The number of nitrogens with zero attached hydrogens (tertiary/aromatic N) is 1. The molecule has 1 aromatic heterocycles. The van der Waals surface area contributed by atoms with Crippen LogP contribution in [0, 0.1) is 12.8 Å². The molecule has 0 aliphatic carbocycles. The highest BCUT2D eigenvalue weighted by Crippen LogP contribution is 2.22. The van der Waals surface area contributed by atoms with E-state index in [0.29, 0.717) is 5.75 Å². The van der Waals surface area contributed by atoms with Gasteiger partial charge >= 0.3 is 0 Å². The molecule has 3 aromatic carbocycles. The molecule has 1 unspecified atom stereocenters. The van der Waals surface area contributed by atoms with Crippen LogP contribution in [0.3, 0.4) is 0 Å². The Kier molecular flexibility index (Phi) is 13.5. The molecular formula is C30H36N3O4P. The lowest BCUT2D eigenvalue weighted by Crippen LogP contribution is -2.19. The van der Waals surface area contributed by atoms with Gasteiger partial charge < -0.3 is 25.3 Å². The zero-order valence-electron chi connectivity index (χ0n) is 21.7. The standard InChI is InChI=1S/C19H23N2OP.C9H11NO3.C2H2/c1-22-19-11-5-2-7-16(19)14-21(23)12-6-8-15-13-20-18-10-4-3-9-17(15)18;10-9(12)6-13-8-3-1-7(5-11)2-4-8;1-2/h2-5,7,9-11,13,20H,6,8,12,14,23H2,1H3;1-4,11H,5-6H2,(H2,10,12);1-2H. The molecule has 0 fully saturated rings. The molecular weight excluding hydrogens is 497 g/mol. The minimum atomic E-state index is -0.508. The summed E-state index contributed by atoms with van der Waals surface area (Å²) < 4.78 is 12.7. The smallest absolute Gasteiger partial charge is 0.255 e. The Hall–Kier alpha value is -3.82. The molecule has 0 aliphatic heterocycles. The van der Waals surface area contributed by atoms with Crippen molar-refractivity contribution in [2.45, 2.75) is 26.0 Å². The number of H-pyrrole nitrogens is 1. The Morgan fingerprint density at radius 3 is 2.39 bits per heavy atom. The second kappa shape index (κ2) is 16.8. The lowest BCUT2D eigenvalue weighted by atomic mass is 10.1. The monoisotopic (exact) mass is 533 g/mol. The van der Waals surface area contributed by atoms with Crippen LogP contribution in [-0.4, -0.2) is 40.9 Å². The van der Waals surface area contributed by atoms with Crippen molar-refractivity contribution in [3.05, 3.63) is 95.7 Å². The molecule has 0 aliphatic rings. The Morgan fingerprint density at radius 1 is 1.03 bits per heavy atom. The van der Waals surface area contributed by atoms with E-state index >= 15 is 0 Å². The molecule has 4 N–H and O–H groups in total. The largest absolute Gasteiger partial charge is 0.496 e. The number of nitrogens with one attached hydrogen (secondary N) is 1. The molecule has 4 rings (SSSR count). The normalized spacial score (nSPS) is 10.2. The summed E-state index contributed by atoms with van der Waals surface area (Å²) >= 11 is 0. The third kappa shape index (κ3) is 9.91. The highest BCUT2D eigenvalue weighted by atomic mass is 31.0. The number of fused-ring (bicyclic) bond motifs is 1. The number of aliphatic hydroxyl groups excluding tert-OH is 1. The SMILES string of the molecule is C#C.COc1ccccc1CN(P)CCCc1c[nH]c2ccccc12.NC(=O)COc1ccc(CO)cc1. The van der Waals surface area contributed by atoms with Gasteiger partial charge in [-0.2, -0.15) is 0 Å². The van der Waals surface area contributed by atoms with E-state index < -0.39 is 5.91 Å². The number of primary amides is 1. The number of ether oxygens (including phenoxy) is 2. The van der Waals surface area contributed by atoms with Crippen LogP contribution >= 0.6 is 9.39 Å². The Labute approximate surface area is 227 Å². The summed E-state index contributed by atoms with van der Waals surface area (Å²) in [7, 11) is 4.56. The number of nitrogens with two attached hydrogens (primary N) is 1. The van der Waals surface area contributed by atoms with Crippen molar-refractivity contribution in [1.82, 2.24) is 9.65 Å².